The fraction of sp³-hybridized carbons (Fsp3) is 0.524. The number of nitrogens with zero attached hydrogens (tertiary/aromatic N) is 1. The highest BCUT2D eigenvalue weighted by Gasteiger charge is 2.24. The van der Waals surface area contributed by atoms with E-state index in [0.29, 0.717) is 43.4 Å². The Morgan fingerprint density at radius 1 is 1.37 bits per heavy atom. The summed E-state index contributed by atoms with van der Waals surface area (Å²) in [7, 11) is 0. The van der Waals surface area contributed by atoms with Crippen molar-refractivity contribution in [1.82, 2.24) is 21.1 Å². The minimum absolute atomic E-state index is 0.0843. The third-order valence-electron chi connectivity index (χ3n) is 5.14. The number of unbranched alkanes of at least 4 members (excludes halogenated alkanes) is 2. The van der Waals surface area contributed by atoms with Crippen LogP contribution in [0.25, 0.3) is 0 Å². The molecule has 8 nitrogen and oxygen atoms in total. The molecule has 1 unspecified atom stereocenters. The summed E-state index contributed by atoms with van der Waals surface area (Å²) >= 11 is 0. The van der Waals surface area contributed by atoms with Crippen molar-refractivity contribution in [2.24, 2.45) is 5.92 Å². The molecule has 1 saturated heterocycles. The third-order valence-corrected chi connectivity index (χ3v) is 5.14. The molecule has 3 rings (SSSR count). The van der Waals surface area contributed by atoms with Crippen molar-refractivity contribution in [3.8, 4) is 5.75 Å². The topological polar surface area (TPSA) is 103 Å². The number of hydrogen-bond acceptors (Lipinski definition) is 5. The van der Waals surface area contributed by atoms with Crippen LogP contribution in [0, 0.1) is 11.7 Å². The molecule has 0 radical (unpaired) electrons. The molecule has 1 aliphatic carbocycles. The molecule has 2 amide bonds. The number of carbonyl (C=O) groups is 2. The molecule has 1 aliphatic heterocycles. The van der Waals surface area contributed by atoms with Crippen molar-refractivity contribution in [3.05, 3.63) is 41.9 Å². The number of aliphatic carboxylic acids is 1. The molecular weight excluding hydrogens is 391 g/mol. The zero-order valence-electron chi connectivity index (χ0n) is 17.0. The number of benzene rings is 1. The number of urea groups is 1. The number of amides is 2. The van der Waals surface area contributed by atoms with E-state index in [1.54, 1.807) is 4.90 Å². The number of carboxylic acid groups (broad SMARTS) is 1. The van der Waals surface area contributed by atoms with Gasteiger partial charge in [-0.2, -0.15) is 0 Å². The monoisotopic (exact) mass is 420 g/mol. The summed E-state index contributed by atoms with van der Waals surface area (Å²) < 4.78 is 19.4. The molecule has 1 atom stereocenters. The lowest BCUT2D eigenvalue weighted by Gasteiger charge is -2.17. The number of hydrogen-bond donors (Lipinski definition) is 4. The summed E-state index contributed by atoms with van der Waals surface area (Å²) in [4.78, 5) is 25.0. The highest BCUT2D eigenvalue weighted by molar-refractivity contribution is 5.79. The van der Waals surface area contributed by atoms with Crippen LogP contribution in [-0.2, 0) is 4.79 Å². The Morgan fingerprint density at radius 2 is 2.17 bits per heavy atom. The zero-order valence-corrected chi connectivity index (χ0v) is 17.0. The van der Waals surface area contributed by atoms with Gasteiger partial charge in [-0.05, 0) is 49.3 Å². The highest BCUT2D eigenvalue weighted by Crippen LogP contribution is 2.31. The molecule has 1 heterocycles. The van der Waals surface area contributed by atoms with Gasteiger partial charge in [0.1, 0.15) is 6.04 Å². The number of hydrazine groups is 1. The number of nitrogens with one attached hydrogen (secondary N) is 3. The quantitative estimate of drug-likeness (QED) is 0.289. The summed E-state index contributed by atoms with van der Waals surface area (Å²) in [5, 5.41) is 12.2. The Balaban J connectivity index is 1.39. The number of carbonyl (C=O) groups excluding carboxylic acids is 1. The van der Waals surface area contributed by atoms with Gasteiger partial charge in [0, 0.05) is 18.8 Å². The summed E-state index contributed by atoms with van der Waals surface area (Å²) in [5.41, 5.74) is 6.86. The van der Waals surface area contributed by atoms with Crippen molar-refractivity contribution in [2.45, 2.75) is 38.1 Å². The van der Waals surface area contributed by atoms with E-state index < -0.39 is 17.8 Å². The summed E-state index contributed by atoms with van der Waals surface area (Å²) in [6, 6.07) is 3.00. The smallest absolute Gasteiger partial charge is 0.326 e. The zero-order chi connectivity index (χ0) is 21.5. The van der Waals surface area contributed by atoms with E-state index in [1.807, 2.05) is 0 Å². The molecule has 2 fully saturated rings. The van der Waals surface area contributed by atoms with E-state index in [0.717, 1.165) is 32.1 Å². The molecule has 0 aromatic heterocycles. The Labute approximate surface area is 175 Å². The SMILES string of the molecule is C=C1CN(CCCCCNNC(C(=O)O)c2ccc(F)c(OCC3CC3)c2)C(=O)N1. The van der Waals surface area contributed by atoms with Crippen LogP contribution in [0.1, 0.15) is 43.7 Å². The van der Waals surface area contributed by atoms with Gasteiger partial charge in [0.2, 0.25) is 0 Å². The molecule has 0 bridgehead atoms. The lowest BCUT2D eigenvalue weighted by molar-refractivity contribution is -0.140. The largest absolute Gasteiger partial charge is 0.490 e. The van der Waals surface area contributed by atoms with E-state index in [1.165, 1.54) is 18.2 Å². The fourth-order valence-corrected chi connectivity index (χ4v) is 3.21. The Bertz CT molecular complexity index is 784. The molecule has 1 saturated carbocycles. The van der Waals surface area contributed by atoms with Crippen molar-refractivity contribution in [3.63, 3.8) is 0 Å². The predicted octanol–water partition coefficient (Wildman–Crippen LogP) is 2.54. The standard InChI is InChI=1S/C21H29FN4O4/c1-14-12-26(21(29)24-14)10-4-2-3-9-23-25-19(20(27)28)16-7-8-17(22)18(11-16)30-13-15-5-6-15/h7-8,11,15,19,23,25H,1-6,9-10,12-13H2,(H,24,29)(H,27,28). The second-order valence-electron chi connectivity index (χ2n) is 7.80. The summed E-state index contributed by atoms with van der Waals surface area (Å²) in [5.74, 6) is -1.00. The van der Waals surface area contributed by atoms with Crippen LogP contribution in [0.5, 0.6) is 5.75 Å². The third kappa shape index (κ3) is 6.43. The molecule has 9 heteroatoms. The lowest BCUT2D eigenvalue weighted by atomic mass is 10.1. The van der Waals surface area contributed by atoms with E-state index in [2.05, 4.69) is 22.7 Å². The number of ether oxygens (including phenoxy) is 1. The van der Waals surface area contributed by atoms with Crippen molar-refractivity contribution in [2.75, 3.05) is 26.2 Å². The fourth-order valence-electron chi connectivity index (χ4n) is 3.21. The average molecular weight is 420 g/mol. The maximum atomic E-state index is 13.9. The molecule has 1 aromatic rings. The van der Waals surface area contributed by atoms with Gasteiger partial charge in [-0.1, -0.05) is 19.1 Å². The lowest BCUT2D eigenvalue weighted by Crippen LogP contribution is -2.40. The van der Waals surface area contributed by atoms with Gasteiger partial charge >= 0.3 is 12.0 Å². The molecule has 0 spiro atoms. The first-order valence-electron chi connectivity index (χ1n) is 10.3. The highest BCUT2D eigenvalue weighted by atomic mass is 19.1. The van der Waals surface area contributed by atoms with E-state index in [4.69, 9.17) is 4.74 Å². The first-order valence-corrected chi connectivity index (χ1v) is 10.3. The van der Waals surface area contributed by atoms with Crippen LogP contribution in [0.15, 0.2) is 30.5 Å². The second kappa shape index (κ2) is 10.4. The van der Waals surface area contributed by atoms with Crippen LogP contribution in [-0.4, -0.2) is 48.2 Å². The van der Waals surface area contributed by atoms with Gasteiger partial charge in [-0.25, -0.2) is 14.6 Å². The summed E-state index contributed by atoms with van der Waals surface area (Å²) in [6.45, 7) is 5.97. The van der Waals surface area contributed by atoms with Crippen LogP contribution in [0.4, 0.5) is 9.18 Å². The van der Waals surface area contributed by atoms with Gasteiger partial charge in [-0.3, -0.25) is 10.2 Å². The maximum Gasteiger partial charge on any atom is 0.326 e. The van der Waals surface area contributed by atoms with Crippen LogP contribution in [0.3, 0.4) is 0 Å². The second-order valence-corrected chi connectivity index (χ2v) is 7.80. The predicted molar refractivity (Wildman–Crippen MR) is 109 cm³/mol. The van der Waals surface area contributed by atoms with E-state index in [-0.39, 0.29) is 11.8 Å². The molecule has 164 valence electrons. The molecular formula is C21H29FN4O4. The number of carboxylic acids is 1. The van der Waals surface area contributed by atoms with Gasteiger partial charge < -0.3 is 20.1 Å². The Morgan fingerprint density at radius 3 is 2.83 bits per heavy atom. The normalized spacial score (nSPS) is 17.2. The average Bonchev–Trinajstić information content (AvgIpc) is 3.47. The molecule has 30 heavy (non-hydrogen) atoms. The number of halogens is 1. The van der Waals surface area contributed by atoms with Crippen molar-refractivity contribution >= 4 is 12.0 Å². The molecule has 1 aromatic carbocycles. The van der Waals surface area contributed by atoms with E-state index >= 15 is 0 Å². The Hall–Kier alpha value is -2.65. The van der Waals surface area contributed by atoms with Crippen LogP contribution >= 0.6 is 0 Å². The number of rotatable bonds is 13. The van der Waals surface area contributed by atoms with Gasteiger partial charge in [0.15, 0.2) is 11.6 Å². The van der Waals surface area contributed by atoms with Gasteiger partial charge in [0.05, 0.1) is 13.2 Å². The van der Waals surface area contributed by atoms with Crippen molar-refractivity contribution < 1.29 is 23.8 Å². The van der Waals surface area contributed by atoms with Crippen LogP contribution in [0.2, 0.25) is 0 Å². The van der Waals surface area contributed by atoms with Crippen LogP contribution < -0.4 is 20.9 Å². The molecule has 2 aliphatic rings. The van der Waals surface area contributed by atoms with Gasteiger partial charge in [0.25, 0.3) is 0 Å². The minimum atomic E-state index is -1.07. The van der Waals surface area contributed by atoms with E-state index in [9.17, 15) is 19.1 Å². The first kappa shape index (κ1) is 22.0. The molecule has 4 N–H and O–H groups in total. The first-order chi connectivity index (χ1) is 14.4. The van der Waals surface area contributed by atoms with Gasteiger partial charge in [-0.15, -0.1) is 0 Å². The van der Waals surface area contributed by atoms with Crippen molar-refractivity contribution in [1.29, 1.82) is 0 Å². The summed E-state index contributed by atoms with van der Waals surface area (Å²) in [6.07, 6.45) is 4.73. The minimum Gasteiger partial charge on any atom is -0.490 e. The maximum absolute atomic E-state index is 13.9. The Kier molecular flexibility index (Phi) is 7.64.